The molecule has 0 aliphatic heterocycles. The quantitative estimate of drug-likeness (QED) is 0.639. The maximum absolute atomic E-state index is 6.05. The summed E-state index contributed by atoms with van der Waals surface area (Å²) in [5, 5.41) is 3.55. The van der Waals surface area contributed by atoms with Gasteiger partial charge in [0.2, 0.25) is 0 Å². The second kappa shape index (κ2) is 9.82. The molecular weight excluding hydrogens is 236 g/mol. The first kappa shape index (κ1) is 16.0. The minimum atomic E-state index is 0.115. The summed E-state index contributed by atoms with van der Waals surface area (Å²) >= 11 is 0. The molecule has 1 aromatic rings. The van der Waals surface area contributed by atoms with Crippen LogP contribution in [0.1, 0.15) is 39.5 Å². The maximum atomic E-state index is 6.05. The van der Waals surface area contributed by atoms with Crippen molar-refractivity contribution in [3.05, 3.63) is 30.3 Å². The second-order valence-corrected chi connectivity index (χ2v) is 4.99. The molecule has 1 atom stereocenters. The number of nitrogens with one attached hydrogen (secondary N) is 1. The molecule has 1 aromatic carbocycles. The van der Waals surface area contributed by atoms with Gasteiger partial charge in [-0.05, 0) is 44.4 Å². The van der Waals surface area contributed by atoms with Crippen LogP contribution in [0.2, 0.25) is 0 Å². The van der Waals surface area contributed by atoms with E-state index < -0.39 is 0 Å². The van der Waals surface area contributed by atoms with Crippen molar-refractivity contribution in [3.63, 3.8) is 0 Å². The monoisotopic (exact) mass is 264 g/mol. The molecule has 1 rings (SSSR count). The van der Waals surface area contributed by atoms with E-state index in [9.17, 15) is 0 Å². The number of hydrogen-bond acceptors (Lipinski definition) is 3. The summed E-state index contributed by atoms with van der Waals surface area (Å²) in [6.07, 6.45) is 4.50. The van der Waals surface area contributed by atoms with Crippen molar-refractivity contribution in [3.8, 4) is 5.75 Å². The van der Waals surface area contributed by atoms with E-state index in [2.05, 4.69) is 19.2 Å². The van der Waals surface area contributed by atoms with Crippen molar-refractivity contribution < 1.29 is 4.74 Å². The molecule has 0 spiro atoms. The lowest BCUT2D eigenvalue weighted by atomic mass is 10.1. The molecule has 0 heterocycles. The third-order valence-electron chi connectivity index (χ3n) is 3.38. The zero-order chi connectivity index (χ0) is 13.9. The Morgan fingerprint density at radius 2 is 1.84 bits per heavy atom. The highest BCUT2D eigenvalue weighted by Crippen LogP contribution is 2.09. The van der Waals surface area contributed by atoms with Crippen LogP contribution in [0.5, 0.6) is 5.75 Å². The predicted octanol–water partition coefficient (Wildman–Crippen LogP) is 2.95. The third kappa shape index (κ3) is 7.19. The van der Waals surface area contributed by atoms with Crippen molar-refractivity contribution in [2.45, 2.75) is 51.6 Å². The highest BCUT2D eigenvalue weighted by Gasteiger charge is 2.05. The molecule has 0 aromatic heterocycles. The first-order valence-electron chi connectivity index (χ1n) is 7.43. The van der Waals surface area contributed by atoms with Crippen molar-refractivity contribution in [2.75, 3.05) is 13.2 Å². The molecule has 0 radical (unpaired) electrons. The van der Waals surface area contributed by atoms with Gasteiger partial charge >= 0.3 is 0 Å². The van der Waals surface area contributed by atoms with Crippen LogP contribution < -0.4 is 15.8 Å². The maximum Gasteiger partial charge on any atom is 0.119 e. The summed E-state index contributed by atoms with van der Waals surface area (Å²) in [4.78, 5) is 0. The average molecular weight is 264 g/mol. The van der Waals surface area contributed by atoms with Crippen LogP contribution in [0.15, 0.2) is 30.3 Å². The fraction of sp³-hybridized carbons (Fsp3) is 0.625. The molecule has 0 saturated heterocycles. The van der Waals surface area contributed by atoms with E-state index in [1.165, 1.54) is 12.8 Å². The van der Waals surface area contributed by atoms with Gasteiger partial charge < -0.3 is 15.8 Å². The van der Waals surface area contributed by atoms with Gasteiger partial charge in [0.25, 0.3) is 0 Å². The Balaban J connectivity index is 2.06. The zero-order valence-electron chi connectivity index (χ0n) is 12.3. The molecule has 19 heavy (non-hydrogen) atoms. The number of hydrogen-bond donors (Lipinski definition) is 2. The van der Waals surface area contributed by atoms with Crippen LogP contribution >= 0.6 is 0 Å². The minimum absolute atomic E-state index is 0.115. The van der Waals surface area contributed by atoms with Gasteiger partial charge in [-0.1, -0.05) is 32.0 Å². The molecule has 0 amide bonds. The zero-order valence-corrected chi connectivity index (χ0v) is 12.3. The molecule has 3 heteroatoms. The van der Waals surface area contributed by atoms with Crippen LogP contribution in [0.25, 0.3) is 0 Å². The van der Waals surface area contributed by atoms with Gasteiger partial charge in [0, 0.05) is 12.1 Å². The number of benzene rings is 1. The van der Waals surface area contributed by atoms with E-state index in [0.717, 1.165) is 25.1 Å². The summed E-state index contributed by atoms with van der Waals surface area (Å²) < 4.78 is 5.64. The Morgan fingerprint density at radius 3 is 2.47 bits per heavy atom. The van der Waals surface area contributed by atoms with Gasteiger partial charge in [0.05, 0.1) is 0 Å². The molecule has 0 fully saturated rings. The van der Waals surface area contributed by atoms with Gasteiger partial charge in [-0.25, -0.2) is 0 Å². The first-order valence-corrected chi connectivity index (χ1v) is 7.43. The van der Waals surface area contributed by atoms with E-state index in [4.69, 9.17) is 10.5 Å². The predicted molar refractivity (Wildman–Crippen MR) is 81.5 cm³/mol. The Labute approximate surface area is 117 Å². The smallest absolute Gasteiger partial charge is 0.119 e. The van der Waals surface area contributed by atoms with Gasteiger partial charge in [-0.15, -0.1) is 0 Å². The first-order chi connectivity index (χ1) is 9.26. The molecule has 0 aliphatic rings. The Bertz CT molecular complexity index is 312. The Kier molecular flexibility index (Phi) is 8.26. The van der Waals surface area contributed by atoms with Gasteiger partial charge in [-0.3, -0.25) is 0 Å². The van der Waals surface area contributed by atoms with Crippen LogP contribution in [0.3, 0.4) is 0 Å². The second-order valence-electron chi connectivity index (χ2n) is 4.99. The van der Waals surface area contributed by atoms with Gasteiger partial charge in [-0.2, -0.15) is 0 Å². The van der Waals surface area contributed by atoms with Crippen molar-refractivity contribution in [1.29, 1.82) is 0 Å². The minimum Gasteiger partial charge on any atom is -0.492 e. The van der Waals surface area contributed by atoms with Crippen LogP contribution in [-0.4, -0.2) is 25.2 Å². The molecule has 0 aliphatic carbocycles. The van der Waals surface area contributed by atoms with E-state index in [-0.39, 0.29) is 6.04 Å². The lowest BCUT2D eigenvalue weighted by Crippen LogP contribution is -2.32. The Morgan fingerprint density at radius 1 is 1.16 bits per heavy atom. The van der Waals surface area contributed by atoms with Crippen molar-refractivity contribution in [2.24, 2.45) is 5.73 Å². The largest absolute Gasteiger partial charge is 0.492 e. The summed E-state index contributed by atoms with van der Waals surface area (Å²) in [6, 6.07) is 10.6. The van der Waals surface area contributed by atoms with Crippen LogP contribution in [0, 0.1) is 0 Å². The van der Waals surface area contributed by atoms with Gasteiger partial charge in [0.15, 0.2) is 0 Å². The van der Waals surface area contributed by atoms with Crippen molar-refractivity contribution >= 4 is 0 Å². The number of para-hydroxylation sites is 1. The SMILES string of the molecule is CCC(CC)NCCCC(N)COc1ccccc1. The van der Waals surface area contributed by atoms with Gasteiger partial charge in [0.1, 0.15) is 12.4 Å². The van der Waals surface area contributed by atoms with E-state index in [1.807, 2.05) is 30.3 Å². The fourth-order valence-corrected chi connectivity index (χ4v) is 2.05. The lowest BCUT2D eigenvalue weighted by Gasteiger charge is -2.16. The number of ether oxygens (including phenoxy) is 1. The standard InChI is InChI=1S/C16H28N2O/c1-3-15(4-2)18-12-8-9-14(17)13-19-16-10-6-5-7-11-16/h5-7,10-11,14-15,18H,3-4,8-9,12-13,17H2,1-2H3. The topological polar surface area (TPSA) is 47.3 Å². The normalized spacial score (nSPS) is 12.6. The van der Waals surface area contributed by atoms with E-state index >= 15 is 0 Å². The molecule has 0 saturated carbocycles. The molecule has 0 bridgehead atoms. The summed E-state index contributed by atoms with van der Waals surface area (Å²) in [5.41, 5.74) is 6.05. The van der Waals surface area contributed by atoms with E-state index in [1.54, 1.807) is 0 Å². The highest BCUT2D eigenvalue weighted by molar-refractivity contribution is 5.20. The van der Waals surface area contributed by atoms with E-state index in [0.29, 0.717) is 12.6 Å². The lowest BCUT2D eigenvalue weighted by molar-refractivity contribution is 0.279. The molecule has 108 valence electrons. The summed E-state index contributed by atoms with van der Waals surface area (Å²) in [7, 11) is 0. The molecular formula is C16H28N2O. The highest BCUT2D eigenvalue weighted by atomic mass is 16.5. The third-order valence-corrected chi connectivity index (χ3v) is 3.38. The number of rotatable bonds is 10. The molecule has 3 nitrogen and oxygen atoms in total. The van der Waals surface area contributed by atoms with Crippen LogP contribution in [0.4, 0.5) is 0 Å². The average Bonchev–Trinajstić information content (AvgIpc) is 2.46. The summed E-state index contributed by atoms with van der Waals surface area (Å²) in [5.74, 6) is 0.896. The fourth-order valence-electron chi connectivity index (χ4n) is 2.05. The summed E-state index contributed by atoms with van der Waals surface area (Å²) in [6.45, 7) is 6.08. The Hall–Kier alpha value is -1.06. The molecule has 3 N–H and O–H groups in total. The van der Waals surface area contributed by atoms with Crippen molar-refractivity contribution in [1.82, 2.24) is 5.32 Å². The van der Waals surface area contributed by atoms with Crippen LogP contribution in [-0.2, 0) is 0 Å². The number of nitrogens with two attached hydrogens (primary N) is 1. The molecule has 1 unspecified atom stereocenters.